The number of oxime groups is 1. The van der Waals surface area contributed by atoms with E-state index in [0.717, 1.165) is 16.7 Å². The highest BCUT2D eigenvalue weighted by molar-refractivity contribution is 8.00. The Morgan fingerprint density at radius 2 is 1.59 bits per heavy atom. The third-order valence-corrected chi connectivity index (χ3v) is 10.6. The Labute approximate surface area is 301 Å². The highest BCUT2D eigenvalue weighted by atomic mass is 32.2. The first kappa shape index (κ1) is 33.6. The summed E-state index contributed by atoms with van der Waals surface area (Å²) in [6.45, 7) is 0. The van der Waals surface area contributed by atoms with Gasteiger partial charge in [-0.05, 0) is 40.5 Å². The van der Waals surface area contributed by atoms with E-state index in [1.165, 1.54) is 41.4 Å². The van der Waals surface area contributed by atoms with Crippen LogP contribution in [0.15, 0.2) is 142 Å². The summed E-state index contributed by atoms with van der Waals surface area (Å²) in [4.78, 5) is 50.4. The van der Waals surface area contributed by atoms with Crippen LogP contribution in [0.3, 0.4) is 0 Å². The normalized spacial score (nSPS) is 17.5. The van der Waals surface area contributed by atoms with Gasteiger partial charge in [-0.2, -0.15) is 0 Å². The van der Waals surface area contributed by atoms with E-state index in [9.17, 15) is 19.5 Å². The first-order valence-electron chi connectivity index (χ1n) is 15.9. The molecule has 0 aliphatic carbocycles. The van der Waals surface area contributed by atoms with Gasteiger partial charge in [-0.1, -0.05) is 102 Å². The molecule has 1 fully saturated rings. The minimum absolute atomic E-state index is 0.128. The Balaban J connectivity index is 1.15. The van der Waals surface area contributed by atoms with E-state index in [1.807, 2.05) is 54.6 Å². The lowest BCUT2D eigenvalue weighted by atomic mass is 9.77. The van der Waals surface area contributed by atoms with Crippen LogP contribution >= 0.6 is 23.1 Å². The number of rotatable bonds is 12. The van der Waals surface area contributed by atoms with Gasteiger partial charge in [-0.25, -0.2) is 9.78 Å². The Bertz CT molecular complexity index is 2040. The van der Waals surface area contributed by atoms with E-state index in [-0.39, 0.29) is 17.1 Å². The number of amides is 2. The Morgan fingerprint density at radius 1 is 0.961 bits per heavy atom. The number of carboxylic acids is 1. The molecule has 1 unspecified atom stereocenters. The SMILES string of the molecule is CO/N=C(/C(=O)NC1C(=O)N2C(C(=O)O)=C(/C=C/c3ccco3)CS[C@H]12)c1csc(NC(c2ccccc2)(c2ccccc2)c2ccccc2)n1. The summed E-state index contributed by atoms with van der Waals surface area (Å²) in [6.07, 6.45) is 4.79. The predicted molar refractivity (Wildman–Crippen MR) is 196 cm³/mol. The first-order valence-corrected chi connectivity index (χ1v) is 17.8. The molecule has 0 radical (unpaired) electrons. The molecule has 2 amide bonds. The molecule has 2 atom stereocenters. The molecule has 0 saturated carbocycles. The number of hydrogen-bond donors (Lipinski definition) is 3. The number of benzene rings is 3. The standard InChI is InChI=1S/C38H31N5O6S2/c1-48-42-30(33(44)40-31-34(45)43-32(36(46)47)24(22-50-35(31)43)19-20-28-18-11-21-49-28)29-23-51-37(39-29)41-38(25-12-5-2-6-13-25,26-14-7-3-8-15-26)27-16-9-4-10-17-27/h2-21,23,31,35H,22H2,1H3,(H,39,41)(H,40,44)(H,46,47)/b20-19+,42-30+/t31?,35-/m1/s1. The smallest absolute Gasteiger partial charge is 0.352 e. The van der Waals surface area contributed by atoms with Gasteiger partial charge in [-0.3, -0.25) is 14.5 Å². The molecular formula is C38H31N5O6S2. The van der Waals surface area contributed by atoms with Gasteiger partial charge in [0.25, 0.3) is 11.8 Å². The monoisotopic (exact) mass is 717 g/mol. The Hall–Kier alpha value is -5.92. The number of nitrogens with zero attached hydrogens (tertiary/aromatic N) is 3. The third-order valence-electron chi connectivity index (χ3n) is 8.54. The third kappa shape index (κ3) is 6.44. The van der Waals surface area contributed by atoms with Gasteiger partial charge in [0.15, 0.2) is 10.8 Å². The van der Waals surface area contributed by atoms with E-state index in [0.29, 0.717) is 22.2 Å². The number of thioether (sulfide) groups is 1. The highest BCUT2D eigenvalue weighted by Crippen LogP contribution is 2.42. The minimum atomic E-state index is -1.24. The van der Waals surface area contributed by atoms with Crippen molar-refractivity contribution in [1.82, 2.24) is 15.2 Å². The lowest BCUT2D eigenvalue weighted by Gasteiger charge is -2.49. The molecule has 0 spiro atoms. The van der Waals surface area contributed by atoms with Gasteiger partial charge in [0.05, 0.1) is 6.26 Å². The van der Waals surface area contributed by atoms with Gasteiger partial charge < -0.3 is 25.0 Å². The fraction of sp³-hybridized carbons (Fsp3) is 0.132. The van der Waals surface area contributed by atoms with Crippen LogP contribution in [0.2, 0.25) is 0 Å². The van der Waals surface area contributed by atoms with Crippen LogP contribution in [0.5, 0.6) is 0 Å². The van der Waals surface area contributed by atoms with Crippen LogP contribution in [0.25, 0.3) is 6.08 Å². The molecule has 0 bridgehead atoms. The molecule has 5 aromatic rings. The van der Waals surface area contributed by atoms with Crippen molar-refractivity contribution >= 4 is 57.8 Å². The molecule has 2 aromatic heterocycles. The van der Waals surface area contributed by atoms with Gasteiger partial charge in [0.1, 0.15) is 41.2 Å². The first-order chi connectivity index (χ1) is 24.9. The fourth-order valence-electron chi connectivity index (χ4n) is 6.23. The fourth-order valence-corrected chi connectivity index (χ4v) is 8.30. The number of carbonyl (C=O) groups excluding carboxylic acids is 2. The quantitative estimate of drug-likeness (QED) is 0.0618. The van der Waals surface area contributed by atoms with Gasteiger partial charge in [-0.15, -0.1) is 23.1 Å². The summed E-state index contributed by atoms with van der Waals surface area (Å²) in [6, 6.07) is 32.6. The number of aromatic nitrogens is 1. The van der Waals surface area contributed by atoms with Crippen molar-refractivity contribution in [3.8, 4) is 0 Å². The van der Waals surface area contributed by atoms with E-state index in [4.69, 9.17) is 14.2 Å². The maximum absolute atomic E-state index is 13.7. The largest absolute Gasteiger partial charge is 0.477 e. The Kier molecular flexibility index (Phi) is 9.55. The van der Waals surface area contributed by atoms with Crippen molar-refractivity contribution in [3.63, 3.8) is 0 Å². The number of carbonyl (C=O) groups is 3. The maximum atomic E-state index is 13.7. The van der Waals surface area contributed by atoms with Crippen molar-refractivity contribution < 1.29 is 28.7 Å². The summed E-state index contributed by atoms with van der Waals surface area (Å²) in [5, 5.41) is 22.0. The van der Waals surface area contributed by atoms with Crippen molar-refractivity contribution in [2.45, 2.75) is 17.0 Å². The van der Waals surface area contributed by atoms with Crippen molar-refractivity contribution in [2.24, 2.45) is 5.16 Å². The van der Waals surface area contributed by atoms with Gasteiger partial charge in [0.2, 0.25) is 0 Å². The van der Waals surface area contributed by atoms with E-state index in [1.54, 1.807) is 29.7 Å². The van der Waals surface area contributed by atoms with Crippen LogP contribution < -0.4 is 10.6 Å². The number of thiazole rings is 1. The average molecular weight is 718 g/mol. The summed E-state index contributed by atoms with van der Waals surface area (Å²) in [7, 11) is 1.32. The van der Waals surface area contributed by atoms with Gasteiger partial charge >= 0.3 is 5.97 Å². The second kappa shape index (κ2) is 14.5. The van der Waals surface area contributed by atoms with Crippen LogP contribution in [0.1, 0.15) is 28.1 Å². The summed E-state index contributed by atoms with van der Waals surface area (Å²) >= 11 is 2.65. The number of fused-ring (bicyclic) bond motifs is 1. The summed E-state index contributed by atoms with van der Waals surface area (Å²) in [5.41, 5.74) is 2.54. The number of furan rings is 1. The molecule has 51 heavy (non-hydrogen) atoms. The minimum Gasteiger partial charge on any atom is -0.477 e. The summed E-state index contributed by atoms with van der Waals surface area (Å²) in [5.74, 6) is -1.60. The molecule has 256 valence electrons. The number of hydrogen-bond acceptors (Lipinski definition) is 10. The number of carboxylic acid groups (broad SMARTS) is 1. The van der Waals surface area contributed by atoms with Crippen molar-refractivity contribution in [2.75, 3.05) is 18.2 Å². The van der Waals surface area contributed by atoms with E-state index in [2.05, 4.69) is 52.2 Å². The van der Waals surface area contributed by atoms with E-state index >= 15 is 0 Å². The lowest BCUT2D eigenvalue weighted by Crippen LogP contribution is -2.71. The molecule has 11 nitrogen and oxygen atoms in total. The molecular weight excluding hydrogens is 687 g/mol. The zero-order valence-corrected chi connectivity index (χ0v) is 28.8. The van der Waals surface area contributed by atoms with E-state index < -0.39 is 34.7 Å². The van der Waals surface area contributed by atoms with Gasteiger partial charge in [0, 0.05) is 11.1 Å². The topological polar surface area (TPSA) is 146 Å². The second-order valence-corrected chi connectivity index (χ2v) is 13.5. The van der Waals surface area contributed by atoms with Crippen LogP contribution in [0.4, 0.5) is 5.13 Å². The Morgan fingerprint density at radius 3 is 2.14 bits per heavy atom. The number of allylic oxidation sites excluding steroid dienone is 1. The average Bonchev–Trinajstić information content (AvgIpc) is 3.87. The van der Waals surface area contributed by atoms with Crippen LogP contribution in [-0.4, -0.2) is 62.8 Å². The number of nitrogens with one attached hydrogen (secondary N) is 2. The molecule has 3 N–H and O–H groups in total. The van der Waals surface area contributed by atoms with Crippen molar-refractivity contribution in [3.05, 3.63) is 160 Å². The number of anilines is 1. The molecule has 1 saturated heterocycles. The molecule has 7 rings (SSSR count). The molecule has 4 heterocycles. The van der Waals surface area contributed by atoms with Crippen LogP contribution in [-0.2, 0) is 24.8 Å². The summed E-state index contributed by atoms with van der Waals surface area (Å²) < 4.78 is 5.31. The predicted octanol–water partition coefficient (Wildman–Crippen LogP) is 5.94. The van der Waals surface area contributed by atoms with Crippen LogP contribution in [0, 0.1) is 0 Å². The molecule has 13 heteroatoms. The molecule has 2 aliphatic rings. The molecule has 2 aliphatic heterocycles. The zero-order chi connectivity index (χ0) is 35.4. The highest BCUT2D eigenvalue weighted by Gasteiger charge is 2.54. The maximum Gasteiger partial charge on any atom is 0.352 e. The number of aliphatic carboxylic acids is 1. The zero-order valence-electron chi connectivity index (χ0n) is 27.1. The molecule has 3 aromatic carbocycles. The second-order valence-electron chi connectivity index (χ2n) is 11.5. The number of β-lactam (4-membered cyclic amide) rings is 1. The van der Waals surface area contributed by atoms with Crippen molar-refractivity contribution in [1.29, 1.82) is 0 Å². The lowest BCUT2D eigenvalue weighted by molar-refractivity contribution is -0.150.